The van der Waals surface area contributed by atoms with Crippen molar-refractivity contribution in [3.8, 4) is 5.75 Å². The fourth-order valence-electron chi connectivity index (χ4n) is 3.08. The van der Waals surface area contributed by atoms with Crippen LogP contribution in [-0.4, -0.2) is 67.5 Å². The van der Waals surface area contributed by atoms with E-state index in [1.807, 2.05) is 29.2 Å². The van der Waals surface area contributed by atoms with Crippen LogP contribution in [0.2, 0.25) is 0 Å². The molecule has 6 nitrogen and oxygen atoms in total. The second-order valence-corrected chi connectivity index (χ2v) is 6.84. The molecule has 1 aliphatic heterocycles. The Morgan fingerprint density at radius 2 is 1.96 bits per heavy atom. The van der Waals surface area contributed by atoms with E-state index in [2.05, 4.69) is 10.2 Å². The topological polar surface area (TPSA) is 61.9 Å². The second-order valence-electron chi connectivity index (χ2n) is 6.84. The summed E-state index contributed by atoms with van der Waals surface area (Å²) in [4.78, 5) is 28.4. The number of carbonyl (C=O) groups excluding carboxylic acids is 2. The van der Waals surface area contributed by atoms with Crippen molar-refractivity contribution in [3.63, 3.8) is 0 Å². The molecule has 0 aromatic heterocycles. The van der Waals surface area contributed by atoms with Crippen molar-refractivity contribution in [1.82, 2.24) is 15.1 Å². The van der Waals surface area contributed by atoms with Gasteiger partial charge in [-0.2, -0.15) is 0 Å². The second kappa shape index (κ2) is 8.34. The maximum atomic E-state index is 12.5. The third-order valence-corrected chi connectivity index (χ3v) is 4.81. The summed E-state index contributed by atoms with van der Waals surface area (Å²) in [6.07, 6.45) is 3.20. The van der Waals surface area contributed by atoms with Gasteiger partial charge in [-0.05, 0) is 30.5 Å². The van der Waals surface area contributed by atoms with Crippen molar-refractivity contribution in [2.24, 2.45) is 0 Å². The fraction of sp³-hybridized carbons (Fsp3) is 0.579. The number of piperazine rings is 1. The Balaban J connectivity index is 1.38. The molecule has 1 saturated carbocycles. The minimum absolute atomic E-state index is 0.152. The molecule has 0 spiro atoms. The molecule has 0 atom stereocenters. The standard InChI is InChI=1S/C19H27N3O3/c1-25-17-4-2-3-15(13-17)14-19(24)22-11-9-21(10-12-22)8-7-18(23)20-16-5-6-16/h2-4,13,16H,5-12,14H2,1H3,(H,20,23). The molecule has 0 unspecified atom stereocenters. The van der Waals surface area contributed by atoms with Gasteiger partial charge < -0.3 is 15.0 Å². The molecule has 25 heavy (non-hydrogen) atoms. The maximum Gasteiger partial charge on any atom is 0.227 e. The van der Waals surface area contributed by atoms with Crippen LogP contribution in [0, 0.1) is 0 Å². The van der Waals surface area contributed by atoms with E-state index in [1.54, 1.807) is 7.11 Å². The molecule has 0 bridgehead atoms. The summed E-state index contributed by atoms with van der Waals surface area (Å²) in [7, 11) is 1.63. The average molecular weight is 345 g/mol. The molecular formula is C19H27N3O3. The zero-order valence-corrected chi connectivity index (χ0v) is 14.9. The molecule has 3 rings (SSSR count). The smallest absolute Gasteiger partial charge is 0.227 e. The lowest BCUT2D eigenvalue weighted by Gasteiger charge is -2.34. The van der Waals surface area contributed by atoms with Gasteiger partial charge in [0, 0.05) is 45.2 Å². The lowest BCUT2D eigenvalue weighted by molar-refractivity contribution is -0.132. The van der Waals surface area contributed by atoms with Crippen molar-refractivity contribution < 1.29 is 14.3 Å². The fourth-order valence-corrected chi connectivity index (χ4v) is 3.08. The van der Waals surface area contributed by atoms with Gasteiger partial charge in [-0.3, -0.25) is 14.5 Å². The Labute approximate surface area is 149 Å². The molecule has 2 aliphatic rings. The number of methoxy groups -OCH3 is 1. The largest absolute Gasteiger partial charge is 0.497 e. The third kappa shape index (κ3) is 5.46. The Morgan fingerprint density at radius 3 is 2.64 bits per heavy atom. The Hall–Kier alpha value is -2.08. The highest BCUT2D eigenvalue weighted by Gasteiger charge is 2.24. The quantitative estimate of drug-likeness (QED) is 0.802. The number of hydrogen-bond acceptors (Lipinski definition) is 4. The minimum atomic E-state index is 0.152. The van der Waals surface area contributed by atoms with Crippen LogP contribution in [0.4, 0.5) is 0 Å². The molecule has 1 aliphatic carbocycles. The Kier molecular flexibility index (Phi) is 5.91. The summed E-state index contributed by atoms with van der Waals surface area (Å²) in [5.41, 5.74) is 0.975. The maximum absolute atomic E-state index is 12.5. The van der Waals surface area contributed by atoms with Crippen LogP contribution in [0.15, 0.2) is 24.3 Å². The van der Waals surface area contributed by atoms with E-state index in [9.17, 15) is 9.59 Å². The number of rotatable bonds is 7. The van der Waals surface area contributed by atoms with Gasteiger partial charge in [-0.1, -0.05) is 12.1 Å². The number of nitrogens with zero attached hydrogens (tertiary/aromatic N) is 2. The molecule has 136 valence electrons. The van der Waals surface area contributed by atoms with Crippen LogP contribution in [0.3, 0.4) is 0 Å². The van der Waals surface area contributed by atoms with Gasteiger partial charge in [0.1, 0.15) is 5.75 Å². The highest BCUT2D eigenvalue weighted by Crippen LogP contribution is 2.18. The van der Waals surface area contributed by atoms with Crippen LogP contribution in [0.25, 0.3) is 0 Å². The molecule has 1 N–H and O–H groups in total. The first kappa shape index (κ1) is 17.7. The highest BCUT2D eigenvalue weighted by molar-refractivity contribution is 5.79. The Morgan fingerprint density at radius 1 is 1.20 bits per heavy atom. The zero-order chi connectivity index (χ0) is 17.6. The number of ether oxygens (including phenoxy) is 1. The zero-order valence-electron chi connectivity index (χ0n) is 14.9. The van der Waals surface area contributed by atoms with E-state index in [-0.39, 0.29) is 11.8 Å². The van der Waals surface area contributed by atoms with Crippen LogP contribution in [0.1, 0.15) is 24.8 Å². The van der Waals surface area contributed by atoms with Gasteiger partial charge in [-0.15, -0.1) is 0 Å². The lowest BCUT2D eigenvalue weighted by atomic mass is 10.1. The number of amides is 2. The molecule has 1 aromatic carbocycles. The van der Waals surface area contributed by atoms with Gasteiger partial charge in [0.05, 0.1) is 13.5 Å². The molecule has 0 radical (unpaired) electrons. The van der Waals surface area contributed by atoms with Gasteiger partial charge in [0.25, 0.3) is 0 Å². The summed E-state index contributed by atoms with van der Waals surface area (Å²) >= 11 is 0. The van der Waals surface area contributed by atoms with Crippen molar-refractivity contribution in [2.75, 3.05) is 39.8 Å². The van der Waals surface area contributed by atoms with Gasteiger partial charge in [0.2, 0.25) is 11.8 Å². The third-order valence-electron chi connectivity index (χ3n) is 4.81. The minimum Gasteiger partial charge on any atom is -0.497 e. The Bertz CT molecular complexity index is 608. The predicted octanol–water partition coefficient (Wildman–Crippen LogP) is 1.05. The highest BCUT2D eigenvalue weighted by atomic mass is 16.5. The first-order chi connectivity index (χ1) is 12.1. The first-order valence-corrected chi connectivity index (χ1v) is 9.06. The molecular weight excluding hydrogens is 318 g/mol. The normalized spacial score (nSPS) is 18.0. The van der Waals surface area contributed by atoms with Crippen LogP contribution >= 0.6 is 0 Å². The van der Waals surface area contributed by atoms with Crippen LogP contribution in [0.5, 0.6) is 5.75 Å². The van der Waals surface area contributed by atoms with Crippen molar-refractivity contribution in [1.29, 1.82) is 0 Å². The number of hydrogen-bond donors (Lipinski definition) is 1. The summed E-state index contributed by atoms with van der Waals surface area (Å²) in [5, 5.41) is 3.02. The van der Waals surface area contributed by atoms with E-state index in [0.717, 1.165) is 56.9 Å². The molecule has 6 heteroatoms. The number of nitrogens with one attached hydrogen (secondary N) is 1. The van der Waals surface area contributed by atoms with Gasteiger partial charge in [0.15, 0.2) is 0 Å². The van der Waals surface area contributed by atoms with Crippen LogP contribution in [-0.2, 0) is 16.0 Å². The lowest BCUT2D eigenvalue weighted by Crippen LogP contribution is -2.49. The monoisotopic (exact) mass is 345 g/mol. The van der Waals surface area contributed by atoms with Gasteiger partial charge >= 0.3 is 0 Å². The molecule has 1 aromatic rings. The van der Waals surface area contributed by atoms with E-state index in [4.69, 9.17) is 4.74 Å². The van der Waals surface area contributed by atoms with E-state index < -0.39 is 0 Å². The van der Waals surface area contributed by atoms with E-state index in [0.29, 0.717) is 18.9 Å². The summed E-state index contributed by atoms with van der Waals surface area (Å²) in [6, 6.07) is 8.08. The molecule has 2 fully saturated rings. The predicted molar refractivity (Wildman–Crippen MR) is 95.5 cm³/mol. The summed E-state index contributed by atoms with van der Waals surface area (Å²) < 4.78 is 5.21. The van der Waals surface area contributed by atoms with E-state index in [1.165, 1.54) is 0 Å². The summed E-state index contributed by atoms with van der Waals surface area (Å²) in [6.45, 7) is 3.90. The molecule has 1 saturated heterocycles. The van der Waals surface area contributed by atoms with Gasteiger partial charge in [-0.25, -0.2) is 0 Å². The molecule has 2 amide bonds. The van der Waals surface area contributed by atoms with Crippen molar-refractivity contribution in [2.45, 2.75) is 31.7 Å². The van der Waals surface area contributed by atoms with Crippen molar-refractivity contribution >= 4 is 11.8 Å². The van der Waals surface area contributed by atoms with Crippen molar-refractivity contribution in [3.05, 3.63) is 29.8 Å². The number of carbonyl (C=O) groups is 2. The first-order valence-electron chi connectivity index (χ1n) is 9.06. The SMILES string of the molecule is COc1cccc(CC(=O)N2CCN(CCC(=O)NC3CC3)CC2)c1. The molecule has 1 heterocycles. The summed E-state index contributed by atoms with van der Waals surface area (Å²) in [5.74, 6) is 1.08. The van der Waals surface area contributed by atoms with E-state index >= 15 is 0 Å². The van der Waals surface area contributed by atoms with Crippen LogP contribution < -0.4 is 10.1 Å². The average Bonchev–Trinajstić information content (AvgIpc) is 3.44. The number of benzene rings is 1.